The van der Waals surface area contributed by atoms with Gasteiger partial charge in [-0.2, -0.15) is 5.10 Å². The van der Waals surface area contributed by atoms with E-state index in [1.54, 1.807) is 6.20 Å². The molecule has 4 heteroatoms. The molecule has 0 aliphatic carbocycles. The van der Waals surface area contributed by atoms with E-state index in [9.17, 15) is 0 Å². The van der Waals surface area contributed by atoms with Crippen LogP contribution < -0.4 is 5.73 Å². The highest BCUT2D eigenvalue weighted by molar-refractivity contribution is 5.56. The van der Waals surface area contributed by atoms with Crippen LogP contribution in [0.15, 0.2) is 36.8 Å². The summed E-state index contributed by atoms with van der Waals surface area (Å²) in [5.41, 5.74) is 7.97. The summed E-state index contributed by atoms with van der Waals surface area (Å²) in [5, 5.41) is 4.31. The normalized spacial score (nSPS) is 10.8. The Morgan fingerprint density at radius 3 is 2.41 bits per heavy atom. The number of hydrogen-bond acceptors (Lipinski definition) is 3. The van der Waals surface area contributed by atoms with Gasteiger partial charge >= 0.3 is 0 Å². The zero-order chi connectivity index (χ0) is 16.8. The monoisotopic (exact) mass is 304 g/mol. The SMILES string of the molecule is CC.CCC.CCCC(N)Cn1cc(-c2ccccn2)cn1. The predicted molar refractivity (Wildman–Crippen MR) is 95.7 cm³/mol. The van der Waals surface area contributed by atoms with Gasteiger partial charge in [0.25, 0.3) is 0 Å². The minimum Gasteiger partial charge on any atom is -0.326 e. The first-order valence-corrected chi connectivity index (χ1v) is 8.40. The largest absolute Gasteiger partial charge is 0.326 e. The Kier molecular flexibility index (Phi) is 12.0. The summed E-state index contributed by atoms with van der Waals surface area (Å²) in [6, 6.07) is 6.04. The van der Waals surface area contributed by atoms with Crippen molar-refractivity contribution in [2.75, 3.05) is 0 Å². The maximum atomic E-state index is 5.99. The Morgan fingerprint density at radius 1 is 1.18 bits per heavy atom. The highest BCUT2D eigenvalue weighted by Crippen LogP contribution is 2.14. The van der Waals surface area contributed by atoms with Crippen LogP contribution >= 0.6 is 0 Å². The standard InChI is InChI=1S/C13H18N4.C3H8.C2H6/c1-2-5-12(14)10-17-9-11(8-16-17)13-6-3-4-7-15-13;1-3-2;1-2/h3-4,6-9,12H,2,5,10,14H2,1H3;3H2,1-2H3;1-2H3. The number of nitrogens with two attached hydrogens (primary N) is 1. The maximum Gasteiger partial charge on any atom is 0.0733 e. The van der Waals surface area contributed by atoms with Gasteiger partial charge in [0, 0.05) is 24.0 Å². The van der Waals surface area contributed by atoms with Crippen molar-refractivity contribution < 1.29 is 0 Å². The Hall–Kier alpha value is -1.68. The van der Waals surface area contributed by atoms with Gasteiger partial charge in [0.2, 0.25) is 0 Å². The molecular weight excluding hydrogens is 272 g/mol. The summed E-state index contributed by atoms with van der Waals surface area (Å²) in [5.74, 6) is 0. The molecule has 0 spiro atoms. The van der Waals surface area contributed by atoms with Gasteiger partial charge in [-0.15, -0.1) is 0 Å². The Labute approximate surface area is 135 Å². The van der Waals surface area contributed by atoms with Gasteiger partial charge in [-0.1, -0.05) is 53.5 Å². The summed E-state index contributed by atoms with van der Waals surface area (Å²) < 4.78 is 1.89. The van der Waals surface area contributed by atoms with Crippen LogP contribution in [-0.2, 0) is 6.54 Å². The molecule has 2 aromatic rings. The third kappa shape index (κ3) is 7.93. The van der Waals surface area contributed by atoms with E-state index < -0.39 is 0 Å². The van der Waals surface area contributed by atoms with E-state index in [1.807, 2.05) is 49.1 Å². The van der Waals surface area contributed by atoms with E-state index in [4.69, 9.17) is 5.73 Å². The minimum atomic E-state index is 0.177. The van der Waals surface area contributed by atoms with Crippen LogP contribution in [0.25, 0.3) is 11.3 Å². The molecule has 4 nitrogen and oxygen atoms in total. The van der Waals surface area contributed by atoms with Gasteiger partial charge in [-0.25, -0.2) is 0 Å². The lowest BCUT2D eigenvalue weighted by molar-refractivity contribution is 0.482. The molecule has 1 atom stereocenters. The van der Waals surface area contributed by atoms with Crippen LogP contribution in [-0.4, -0.2) is 20.8 Å². The fourth-order valence-electron chi connectivity index (χ4n) is 1.83. The molecule has 0 amide bonds. The molecule has 2 aromatic heterocycles. The smallest absolute Gasteiger partial charge is 0.0733 e. The molecule has 0 saturated heterocycles. The summed E-state index contributed by atoms with van der Waals surface area (Å²) in [6.07, 6.45) is 9.00. The summed E-state index contributed by atoms with van der Waals surface area (Å²) >= 11 is 0. The summed E-state index contributed by atoms with van der Waals surface area (Å²) in [7, 11) is 0. The summed E-state index contributed by atoms with van der Waals surface area (Å²) in [6.45, 7) is 11.2. The van der Waals surface area contributed by atoms with Crippen molar-refractivity contribution in [3.05, 3.63) is 36.8 Å². The van der Waals surface area contributed by atoms with E-state index in [-0.39, 0.29) is 6.04 Å². The minimum absolute atomic E-state index is 0.177. The van der Waals surface area contributed by atoms with Crippen molar-refractivity contribution in [1.29, 1.82) is 0 Å². The maximum absolute atomic E-state index is 5.99. The molecule has 0 aromatic carbocycles. The van der Waals surface area contributed by atoms with Crippen LogP contribution in [0.2, 0.25) is 0 Å². The molecule has 0 bridgehead atoms. The van der Waals surface area contributed by atoms with E-state index in [0.29, 0.717) is 0 Å². The number of aromatic nitrogens is 3. The fourth-order valence-corrected chi connectivity index (χ4v) is 1.83. The first-order valence-electron chi connectivity index (χ1n) is 8.40. The lowest BCUT2D eigenvalue weighted by Crippen LogP contribution is -2.26. The number of rotatable bonds is 5. The zero-order valence-corrected chi connectivity index (χ0v) is 14.8. The Morgan fingerprint density at radius 2 is 1.86 bits per heavy atom. The first kappa shape index (κ1) is 20.3. The molecule has 22 heavy (non-hydrogen) atoms. The van der Waals surface area contributed by atoms with Crippen molar-refractivity contribution in [3.8, 4) is 11.3 Å². The molecule has 0 fully saturated rings. The first-order chi connectivity index (χ1) is 10.7. The van der Waals surface area contributed by atoms with Gasteiger partial charge in [0.05, 0.1) is 18.4 Å². The third-order valence-corrected chi connectivity index (χ3v) is 2.67. The van der Waals surface area contributed by atoms with Crippen LogP contribution in [0.1, 0.15) is 53.9 Å². The molecule has 1 unspecified atom stereocenters. The fraction of sp³-hybridized carbons (Fsp3) is 0.556. The van der Waals surface area contributed by atoms with Crippen molar-refractivity contribution in [2.24, 2.45) is 5.73 Å². The second-order valence-electron chi connectivity index (χ2n) is 4.92. The second-order valence-corrected chi connectivity index (χ2v) is 4.92. The molecule has 0 aliphatic rings. The average molecular weight is 304 g/mol. The zero-order valence-electron chi connectivity index (χ0n) is 14.8. The van der Waals surface area contributed by atoms with E-state index in [2.05, 4.69) is 30.9 Å². The van der Waals surface area contributed by atoms with Crippen LogP contribution in [0, 0.1) is 0 Å². The van der Waals surface area contributed by atoms with Gasteiger partial charge in [-0.3, -0.25) is 9.67 Å². The second kappa shape index (κ2) is 13.0. The Bertz CT molecular complexity index is 465. The van der Waals surface area contributed by atoms with Gasteiger partial charge in [0.1, 0.15) is 0 Å². The number of nitrogens with zero attached hydrogens (tertiary/aromatic N) is 3. The van der Waals surface area contributed by atoms with Gasteiger partial charge in [-0.05, 0) is 18.6 Å². The molecule has 0 radical (unpaired) electrons. The third-order valence-electron chi connectivity index (χ3n) is 2.67. The Balaban J connectivity index is 0.000000789. The highest BCUT2D eigenvalue weighted by Gasteiger charge is 2.05. The van der Waals surface area contributed by atoms with E-state index >= 15 is 0 Å². The summed E-state index contributed by atoms with van der Waals surface area (Å²) in [4.78, 5) is 4.29. The molecular formula is C18H32N4. The van der Waals surface area contributed by atoms with Gasteiger partial charge < -0.3 is 5.73 Å². The lowest BCUT2D eigenvalue weighted by atomic mass is 10.2. The molecule has 2 rings (SSSR count). The van der Waals surface area contributed by atoms with Crippen LogP contribution in [0.5, 0.6) is 0 Å². The molecule has 0 saturated carbocycles. The average Bonchev–Trinajstić information content (AvgIpc) is 3.00. The van der Waals surface area contributed by atoms with Crippen molar-refractivity contribution in [3.63, 3.8) is 0 Å². The predicted octanol–water partition coefficient (Wildman–Crippen LogP) is 4.52. The molecule has 2 N–H and O–H groups in total. The molecule has 0 aliphatic heterocycles. The topological polar surface area (TPSA) is 56.7 Å². The highest BCUT2D eigenvalue weighted by atomic mass is 15.3. The van der Waals surface area contributed by atoms with Crippen molar-refractivity contribution in [2.45, 2.75) is 66.5 Å². The number of hydrogen-bond donors (Lipinski definition) is 1. The van der Waals surface area contributed by atoms with Gasteiger partial charge in [0.15, 0.2) is 0 Å². The van der Waals surface area contributed by atoms with Crippen LogP contribution in [0.3, 0.4) is 0 Å². The quantitative estimate of drug-likeness (QED) is 0.884. The molecule has 124 valence electrons. The molecule has 2 heterocycles. The number of pyridine rings is 1. The lowest BCUT2D eigenvalue weighted by Gasteiger charge is -2.09. The van der Waals surface area contributed by atoms with E-state index in [0.717, 1.165) is 30.6 Å². The van der Waals surface area contributed by atoms with E-state index in [1.165, 1.54) is 6.42 Å². The van der Waals surface area contributed by atoms with Crippen LogP contribution in [0.4, 0.5) is 0 Å². The van der Waals surface area contributed by atoms with Crippen molar-refractivity contribution >= 4 is 0 Å². The van der Waals surface area contributed by atoms with Crippen molar-refractivity contribution in [1.82, 2.24) is 14.8 Å².